The van der Waals surface area contributed by atoms with Gasteiger partial charge in [-0.15, -0.1) is 0 Å². The van der Waals surface area contributed by atoms with Gasteiger partial charge in [0.2, 0.25) is 0 Å². The lowest BCUT2D eigenvalue weighted by atomic mass is 9.99. The molecule has 9 heteroatoms. The molecular weight excluding hydrogens is 435 g/mol. The first-order valence-corrected chi connectivity index (χ1v) is 10.1. The fourth-order valence-electron chi connectivity index (χ4n) is 3.64. The molecule has 4 N–H and O–H groups in total. The van der Waals surface area contributed by atoms with Crippen LogP contribution in [0.3, 0.4) is 0 Å². The number of ether oxygens (including phenoxy) is 1. The molecule has 4 rings (SSSR count). The molecule has 0 saturated heterocycles. The molecule has 0 fully saturated rings. The molecule has 4 aromatic rings. The summed E-state index contributed by atoms with van der Waals surface area (Å²) in [6.07, 6.45) is -3.17. The van der Waals surface area contributed by atoms with Crippen molar-refractivity contribution in [1.29, 1.82) is 0 Å². The minimum absolute atomic E-state index is 0.0365. The van der Waals surface area contributed by atoms with E-state index in [1.54, 1.807) is 54.7 Å². The number of nitrogens with zero attached hydrogens (tertiary/aromatic N) is 1. The summed E-state index contributed by atoms with van der Waals surface area (Å²) in [5.74, 6) is -0.590. The van der Waals surface area contributed by atoms with Crippen molar-refractivity contribution in [2.45, 2.75) is 25.7 Å². The van der Waals surface area contributed by atoms with Crippen LogP contribution in [0.15, 0.2) is 60.8 Å². The molecule has 0 aliphatic heterocycles. The predicted molar refractivity (Wildman–Crippen MR) is 117 cm³/mol. The first kappa shape index (κ1) is 22.3. The quantitative estimate of drug-likeness (QED) is 0.368. The number of nitrogens with two attached hydrogens (primary N) is 1. The number of carboxylic acid groups (broad SMARTS) is 1. The van der Waals surface area contributed by atoms with Crippen LogP contribution < -0.4 is 10.5 Å². The number of benzene rings is 2. The van der Waals surface area contributed by atoms with Gasteiger partial charge in [0.05, 0.1) is 12.1 Å². The molecular formula is C24H20F3N3O3. The molecule has 0 unspecified atom stereocenters. The number of aliphatic carboxylic acids is 1. The van der Waals surface area contributed by atoms with Crippen molar-refractivity contribution < 1.29 is 27.8 Å². The molecule has 2 heterocycles. The van der Waals surface area contributed by atoms with Gasteiger partial charge < -0.3 is 20.6 Å². The molecule has 0 aliphatic carbocycles. The first-order chi connectivity index (χ1) is 15.7. The fourth-order valence-corrected chi connectivity index (χ4v) is 3.64. The number of halogens is 3. The molecule has 0 bridgehead atoms. The highest BCUT2D eigenvalue weighted by atomic mass is 19.4. The van der Waals surface area contributed by atoms with Crippen LogP contribution in [-0.4, -0.2) is 21.0 Å². The van der Waals surface area contributed by atoms with E-state index in [1.165, 1.54) is 0 Å². The van der Waals surface area contributed by atoms with Gasteiger partial charge in [-0.1, -0.05) is 18.2 Å². The molecule has 170 valence electrons. The zero-order valence-electron chi connectivity index (χ0n) is 17.3. The number of aromatic nitrogens is 2. The van der Waals surface area contributed by atoms with Gasteiger partial charge in [-0.3, -0.25) is 9.78 Å². The number of nitrogens with one attached hydrogen (secondary N) is 1. The highest BCUT2D eigenvalue weighted by Crippen LogP contribution is 2.36. The number of rotatable bonds is 7. The van der Waals surface area contributed by atoms with Gasteiger partial charge in [0.1, 0.15) is 18.1 Å². The van der Waals surface area contributed by atoms with Gasteiger partial charge in [0, 0.05) is 29.2 Å². The summed E-state index contributed by atoms with van der Waals surface area (Å²) < 4.78 is 46.0. The van der Waals surface area contributed by atoms with Crippen LogP contribution in [0.4, 0.5) is 13.2 Å². The molecule has 33 heavy (non-hydrogen) atoms. The Kier molecular flexibility index (Phi) is 6.06. The molecule has 6 nitrogen and oxygen atoms in total. The van der Waals surface area contributed by atoms with Crippen molar-refractivity contribution in [3.63, 3.8) is 0 Å². The summed E-state index contributed by atoms with van der Waals surface area (Å²) in [4.78, 5) is 17.7. The Morgan fingerprint density at radius 3 is 2.64 bits per heavy atom. The van der Waals surface area contributed by atoms with Crippen LogP contribution in [0.25, 0.3) is 22.0 Å². The summed E-state index contributed by atoms with van der Waals surface area (Å²) >= 11 is 0. The molecule has 0 radical (unpaired) electrons. The Bertz CT molecular complexity index is 1320. The van der Waals surface area contributed by atoms with Crippen molar-refractivity contribution in [1.82, 2.24) is 9.97 Å². The number of H-pyrrole nitrogens is 1. The second-order valence-electron chi connectivity index (χ2n) is 7.49. The monoisotopic (exact) mass is 455 g/mol. The number of hydrogen-bond acceptors (Lipinski definition) is 4. The number of para-hydroxylation sites is 1. The molecule has 0 aliphatic rings. The zero-order chi connectivity index (χ0) is 23.6. The second kappa shape index (κ2) is 8.95. The van der Waals surface area contributed by atoms with Crippen LogP contribution in [-0.2, 0) is 30.5 Å². The second-order valence-corrected chi connectivity index (χ2v) is 7.49. The maximum absolute atomic E-state index is 13.4. The largest absolute Gasteiger partial charge is 0.489 e. The average Bonchev–Trinajstić information content (AvgIpc) is 3.22. The minimum Gasteiger partial charge on any atom is -0.489 e. The van der Waals surface area contributed by atoms with Crippen LogP contribution >= 0.6 is 0 Å². The molecule has 2 aromatic heterocycles. The first-order valence-electron chi connectivity index (χ1n) is 10.1. The summed E-state index contributed by atoms with van der Waals surface area (Å²) in [6.45, 7) is 0.232. The third-order valence-corrected chi connectivity index (χ3v) is 5.15. The number of carbonyl (C=O) groups is 1. The lowest BCUT2D eigenvalue weighted by Crippen LogP contribution is -2.04. The predicted octanol–water partition coefficient (Wildman–Crippen LogP) is 4.91. The Morgan fingerprint density at radius 2 is 1.91 bits per heavy atom. The lowest BCUT2D eigenvalue weighted by Gasteiger charge is -2.12. The van der Waals surface area contributed by atoms with Crippen molar-refractivity contribution >= 4 is 16.9 Å². The summed E-state index contributed by atoms with van der Waals surface area (Å²) in [6, 6.07) is 14.6. The van der Waals surface area contributed by atoms with E-state index >= 15 is 0 Å². The number of pyridine rings is 1. The Labute approximate surface area is 186 Å². The minimum atomic E-state index is -4.52. The number of aromatic amines is 1. The maximum atomic E-state index is 13.4. The molecule has 0 spiro atoms. The highest BCUT2D eigenvalue weighted by molar-refractivity contribution is 5.96. The molecule has 0 saturated carbocycles. The topological polar surface area (TPSA) is 101 Å². The van der Waals surface area contributed by atoms with Crippen LogP contribution in [0.5, 0.6) is 5.75 Å². The maximum Gasteiger partial charge on any atom is 0.431 e. The average molecular weight is 455 g/mol. The normalized spacial score (nSPS) is 11.6. The van der Waals surface area contributed by atoms with E-state index < -0.39 is 17.8 Å². The summed E-state index contributed by atoms with van der Waals surface area (Å²) in [5.41, 5.74) is 8.12. The highest BCUT2D eigenvalue weighted by Gasteiger charge is 2.33. The van der Waals surface area contributed by atoms with E-state index in [1.807, 2.05) is 0 Å². The third-order valence-electron chi connectivity index (χ3n) is 5.15. The van der Waals surface area contributed by atoms with E-state index in [4.69, 9.17) is 15.6 Å². The zero-order valence-corrected chi connectivity index (χ0v) is 17.3. The Morgan fingerprint density at radius 1 is 1.12 bits per heavy atom. The summed E-state index contributed by atoms with van der Waals surface area (Å²) in [5, 5.41) is 9.51. The van der Waals surface area contributed by atoms with Gasteiger partial charge in [-0.25, -0.2) is 0 Å². The van der Waals surface area contributed by atoms with Crippen LogP contribution in [0.2, 0.25) is 0 Å². The van der Waals surface area contributed by atoms with Crippen molar-refractivity contribution in [3.05, 3.63) is 83.3 Å². The Balaban J connectivity index is 1.76. The standard InChI is InChI=1S/C24H20F3N3O3/c25-24(26,27)22-11-19-18(15-5-6-29-17(9-15)12-28)7-14(8-20(19)30-22)13-33-21-4-2-1-3-16(21)10-23(31)32/h1-9,11,30H,10,12-13,28H2,(H,31,32). The van der Waals surface area contributed by atoms with Crippen molar-refractivity contribution in [3.8, 4) is 16.9 Å². The van der Waals surface area contributed by atoms with Gasteiger partial charge in [-0.2, -0.15) is 13.2 Å². The van der Waals surface area contributed by atoms with Crippen molar-refractivity contribution in [2.24, 2.45) is 5.73 Å². The number of carboxylic acids is 1. The molecule has 0 atom stereocenters. The number of hydrogen-bond donors (Lipinski definition) is 3. The Hall–Kier alpha value is -3.85. The fraction of sp³-hybridized carbons (Fsp3) is 0.167. The van der Waals surface area contributed by atoms with Gasteiger partial charge in [0.15, 0.2) is 0 Å². The SMILES string of the molecule is NCc1cc(-c2cc(COc3ccccc3CC(=O)O)cc3[nH]c(C(F)(F)F)cc23)ccn1. The third kappa shape index (κ3) is 4.98. The van der Waals surface area contributed by atoms with Crippen molar-refractivity contribution in [2.75, 3.05) is 0 Å². The van der Waals surface area contributed by atoms with E-state index in [-0.39, 0.29) is 19.6 Å². The van der Waals surface area contributed by atoms with E-state index in [9.17, 15) is 18.0 Å². The van der Waals surface area contributed by atoms with E-state index in [2.05, 4.69) is 9.97 Å². The van der Waals surface area contributed by atoms with E-state index in [0.717, 1.165) is 6.07 Å². The molecule has 0 amide bonds. The smallest absolute Gasteiger partial charge is 0.431 e. The number of fused-ring (bicyclic) bond motifs is 1. The van der Waals surface area contributed by atoms with Gasteiger partial charge in [-0.05, 0) is 53.1 Å². The van der Waals surface area contributed by atoms with Crippen LogP contribution in [0.1, 0.15) is 22.5 Å². The molecule has 2 aromatic carbocycles. The van der Waals surface area contributed by atoms with Crippen LogP contribution in [0, 0.1) is 0 Å². The van der Waals surface area contributed by atoms with Gasteiger partial charge in [0.25, 0.3) is 0 Å². The summed E-state index contributed by atoms with van der Waals surface area (Å²) in [7, 11) is 0. The lowest BCUT2D eigenvalue weighted by molar-refractivity contribution is -0.140. The number of alkyl halides is 3. The van der Waals surface area contributed by atoms with Gasteiger partial charge >= 0.3 is 12.1 Å². The van der Waals surface area contributed by atoms with E-state index in [0.29, 0.717) is 44.6 Å².